The van der Waals surface area contributed by atoms with Gasteiger partial charge in [-0.3, -0.25) is 29.6 Å². The van der Waals surface area contributed by atoms with Crippen molar-refractivity contribution in [3.8, 4) is 5.75 Å². The smallest absolute Gasteiger partial charge is 0.433 e. The van der Waals surface area contributed by atoms with Crippen molar-refractivity contribution in [3.05, 3.63) is 128 Å². The standard InChI is InChI=1S/C39H28BrCl2F4N5O5/c1-49(33-28(42)13-15-30(47-33)39(44,45)46)51-34(53)24-12-11-23-25(31(24)36(51)55)17-27-35(54)50(48-22-9-7-21(43)8-10-22)37(56)38(27,18-2-5-20(41)6-3-18)32(23)26-16-19(40)4-14-29(26)52/h2-11,13-16,24-25,27,31-32,48,52H,12,17H2,1H3/t24-,25+,27-,31-,32+,38+/m0/s1. The summed E-state index contributed by atoms with van der Waals surface area (Å²) in [5.41, 5.74) is 1.20. The van der Waals surface area contributed by atoms with Gasteiger partial charge in [0.15, 0.2) is 5.82 Å². The van der Waals surface area contributed by atoms with Crippen molar-refractivity contribution < 1.29 is 41.8 Å². The number of anilines is 2. The number of hydrogen-bond donors (Lipinski definition) is 2. The molecular formula is C39H28BrCl2F4N5O5. The highest BCUT2D eigenvalue weighted by molar-refractivity contribution is 9.10. The number of alkyl halides is 3. The number of carbonyl (C=O) groups is 4. The van der Waals surface area contributed by atoms with E-state index in [4.69, 9.17) is 23.2 Å². The second-order valence-corrected chi connectivity index (χ2v) is 15.8. The SMILES string of the molecule is CN(c1nc(C(F)(F)F)ccc1Cl)N1C(=O)[C@H]2[C@H](CC=C3[C@H]2C[C@H]2C(=O)N(Nc4ccc(F)cc4)C(=O)[C@@]2(c2ccc(Cl)cc2)[C@H]3c2cc(Br)ccc2O)C1=O. The van der Waals surface area contributed by atoms with E-state index in [-0.39, 0.29) is 34.9 Å². The lowest BCUT2D eigenvalue weighted by molar-refractivity contribution is -0.142. The monoisotopic (exact) mass is 871 g/mol. The van der Waals surface area contributed by atoms with Gasteiger partial charge in [-0.05, 0) is 91.1 Å². The van der Waals surface area contributed by atoms with E-state index in [1.165, 1.54) is 25.2 Å². The molecule has 1 aromatic heterocycles. The summed E-state index contributed by atoms with van der Waals surface area (Å²) in [6.07, 6.45) is -3.22. The lowest BCUT2D eigenvalue weighted by atomic mass is 9.49. The van der Waals surface area contributed by atoms with E-state index < -0.39 is 82.1 Å². The Morgan fingerprint density at radius 1 is 0.929 bits per heavy atom. The molecule has 6 atom stereocenters. The summed E-state index contributed by atoms with van der Waals surface area (Å²) in [4.78, 5) is 62.4. The van der Waals surface area contributed by atoms with E-state index in [1.807, 2.05) is 0 Å². The van der Waals surface area contributed by atoms with E-state index in [2.05, 4.69) is 26.3 Å². The molecule has 2 aliphatic heterocycles. The van der Waals surface area contributed by atoms with Crippen molar-refractivity contribution in [3.63, 3.8) is 0 Å². The van der Waals surface area contributed by atoms with Crippen LogP contribution in [0.2, 0.25) is 10.0 Å². The first-order valence-corrected chi connectivity index (χ1v) is 18.8. The first-order valence-electron chi connectivity index (χ1n) is 17.2. The highest BCUT2D eigenvalue weighted by Gasteiger charge is 2.71. The number of benzene rings is 3. The molecule has 0 spiro atoms. The number of allylic oxidation sites excluding steroid dienone is 2. The van der Waals surface area contributed by atoms with E-state index >= 15 is 4.79 Å². The molecule has 0 radical (unpaired) electrons. The maximum Gasteiger partial charge on any atom is 0.433 e. The molecule has 8 rings (SSSR count). The number of nitrogens with one attached hydrogen (secondary N) is 1. The number of amides is 4. The van der Waals surface area contributed by atoms with E-state index in [1.54, 1.807) is 42.5 Å². The molecule has 17 heteroatoms. The number of phenols is 1. The number of nitrogens with zero attached hydrogens (tertiary/aromatic N) is 4. The summed E-state index contributed by atoms with van der Waals surface area (Å²) in [6, 6.07) is 17.8. The Morgan fingerprint density at radius 3 is 2.30 bits per heavy atom. The van der Waals surface area contributed by atoms with Gasteiger partial charge in [0.25, 0.3) is 23.6 Å². The number of aromatic nitrogens is 1. The third-order valence-corrected chi connectivity index (χ3v) is 12.3. The predicted molar refractivity (Wildman–Crippen MR) is 199 cm³/mol. The largest absolute Gasteiger partial charge is 0.508 e. The fourth-order valence-electron chi connectivity index (χ4n) is 8.95. The number of imide groups is 2. The number of pyridine rings is 1. The van der Waals surface area contributed by atoms with Gasteiger partial charge in [-0.15, -0.1) is 0 Å². The van der Waals surface area contributed by atoms with Crippen LogP contribution >= 0.6 is 39.1 Å². The molecule has 56 heavy (non-hydrogen) atoms. The quantitative estimate of drug-likeness (QED) is 0.113. The second-order valence-electron chi connectivity index (χ2n) is 14.1. The van der Waals surface area contributed by atoms with Crippen LogP contribution in [0.4, 0.5) is 29.1 Å². The van der Waals surface area contributed by atoms with Crippen LogP contribution in [0, 0.1) is 29.5 Å². The summed E-state index contributed by atoms with van der Waals surface area (Å²) in [6.45, 7) is 0. The summed E-state index contributed by atoms with van der Waals surface area (Å²) < 4.78 is 55.4. The zero-order valence-corrected chi connectivity index (χ0v) is 32.0. The molecule has 3 fully saturated rings. The summed E-state index contributed by atoms with van der Waals surface area (Å²) in [5.74, 6) is -9.37. The first-order chi connectivity index (χ1) is 26.5. The topological polar surface area (TPSA) is 123 Å². The van der Waals surface area contributed by atoms with Crippen LogP contribution in [0.1, 0.15) is 35.6 Å². The van der Waals surface area contributed by atoms with Crippen LogP contribution in [-0.4, -0.2) is 50.8 Å². The molecule has 10 nitrogen and oxygen atoms in total. The molecule has 2 saturated heterocycles. The summed E-state index contributed by atoms with van der Waals surface area (Å²) in [5, 5.41) is 14.2. The van der Waals surface area contributed by atoms with Crippen LogP contribution in [0.5, 0.6) is 5.75 Å². The van der Waals surface area contributed by atoms with Gasteiger partial charge in [0.1, 0.15) is 17.3 Å². The number of fused-ring (bicyclic) bond motifs is 4. The second kappa shape index (κ2) is 13.6. The number of rotatable bonds is 6. The zero-order valence-electron chi connectivity index (χ0n) is 28.9. The van der Waals surface area contributed by atoms with Gasteiger partial charge in [0, 0.05) is 28.0 Å². The first kappa shape index (κ1) is 37.9. The molecule has 2 aliphatic carbocycles. The third-order valence-electron chi connectivity index (χ3n) is 11.3. The van der Waals surface area contributed by atoms with Gasteiger partial charge in [0.2, 0.25) is 0 Å². The average Bonchev–Trinajstić information content (AvgIpc) is 3.54. The zero-order chi connectivity index (χ0) is 40.0. The Bertz CT molecular complexity index is 2370. The van der Waals surface area contributed by atoms with Crippen molar-refractivity contribution >= 4 is 74.3 Å². The molecule has 3 heterocycles. The number of hydrazine groups is 2. The highest BCUT2D eigenvalue weighted by atomic mass is 79.9. The Balaban J connectivity index is 1.29. The molecule has 4 amide bonds. The molecular weight excluding hydrogens is 845 g/mol. The predicted octanol–water partition coefficient (Wildman–Crippen LogP) is 8.05. The molecule has 1 saturated carbocycles. The Morgan fingerprint density at radius 2 is 1.62 bits per heavy atom. The van der Waals surface area contributed by atoms with Crippen molar-refractivity contribution in [2.45, 2.75) is 30.4 Å². The van der Waals surface area contributed by atoms with E-state index in [9.17, 15) is 37.1 Å². The van der Waals surface area contributed by atoms with Crippen molar-refractivity contribution in [1.29, 1.82) is 0 Å². The van der Waals surface area contributed by atoms with Gasteiger partial charge in [-0.2, -0.15) is 23.2 Å². The lowest BCUT2D eigenvalue weighted by Gasteiger charge is -2.50. The van der Waals surface area contributed by atoms with Gasteiger partial charge < -0.3 is 5.11 Å². The maximum absolute atomic E-state index is 15.2. The lowest BCUT2D eigenvalue weighted by Crippen LogP contribution is -2.53. The number of hydrogen-bond acceptors (Lipinski definition) is 8. The molecule has 4 aliphatic rings. The number of aromatic hydroxyl groups is 1. The van der Waals surface area contributed by atoms with Crippen LogP contribution in [0.3, 0.4) is 0 Å². The minimum Gasteiger partial charge on any atom is -0.508 e. The van der Waals surface area contributed by atoms with Crippen LogP contribution in [0.25, 0.3) is 0 Å². The van der Waals surface area contributed by atoms with Crippen LogP contribution < -0.4 is 10.4 Å². The van der Waals surface area contributed by atoms with Crippen LogP contribution in [0.15, 0.2) is 95.0 Å². The molecule has 4 aromatic rings. The Hall–Kier alpha value is -4.99. The summed E-state index contributed by atoms with van der Waals surface area (Å²) in [7, 11) is 1.21. The van der Waals surface area contributed by atoms with Gasteiger partial charge >= 0.3 is 6.18 Å². The fourth-order valence-corrected chi connectivity index (χ4v) is 9.68. The normalized spacial score (nSPS) is 25.9. The number of carbonyl (C=O) groups excluding carboxylic acids is 4. The molecule has 3 aromatic carbocycles. The number of phenolic OH excluding ortho intramolecular Hbond substituents is 1. The van der Waals surface area contributed by atoms with E-state index in [0.29, 0.717) is 26.7 Å². The average molecular weight is 873 g/mol. The molecule has 288 valence electrons. The Labute approximate surface area is 334 Å². The maximum atomic E-state index is 15.2. The minimum absolute atomic E-state index is 0.0124. The van der Waals surface area contributed by atoms with Gasteiger partial charge in [-0.25, -0.2) is 9.37 Å². The van der Waals surface area contributed by atoms with Gasteiger partial charge in [0.05, 0.1) is 33.9 Å². The summed E-state index contributed by atoms with van der Waals surface area (Å²) >= 11 is 16.1. The minimum atomic E-state index is -4.84. The van der Waals surface area contributed by atoms with E-state index in [0.717, 1.165) is 33.2 Å². The molecule has 2 N–H and O–H groups in total. The van der Waals surface area contributed by atoms with Crippen molar-refractivity contribution in [2.24, 2.45) is 23.7 Å². The molecule has 0 bridgehead atoms. The highest BCUT2D eigenvalue weighted by Crippen LogP contribution is 2.65. The number of halogens is 7. The van der Waals surface area contributed by atoms with Crippen LogP contribution in [-0.2, 0) is 30.8 Å². The van der Waals surface area contributed by atoms with Gasteiger partial charge in [-0.1, -0.05) is 62.9 Å². The Kier molecular flexibility index (Phi) is 9.20. The van der Waals surface area contributed by atoms with Crippen molar-refractivity contribution in [2.75, 3.05) is 17.5 Å². The third kappa shape index (κ3) is 5.76. The molecule has 0 unspecified atom stereocenters. The fraction of sp³-hybridized carbons (Fsp3) is 0.256. The van der Waals surface area contributed by atoms with Crippen molar-refractivity contribution in [1.82, 2.24) is 15.0 Å².